The maximum absolute atomic E-state index is 14.0. The van der Waals surface area contributed by atoms with Crippen LogP contribution in [0.3, 0.4) is 0 Å². The number of halogens is 6. The van der Waals surface area contributed by atoms with Gasteiger partial charge in [0.15, 0.2) is 10.8 Å². The van der Waals surface area contributed by atoms with E-state index in [2.05, 4.69) is 15.2 Å². The van der Waals surface area contributed by atoms with Gasteiger partial charge in [-0.1, -0.05) is 11.6 Å². The average Bonchev–Trinajstić information content (AvgIpc) is 3.26. The maximum Gasteiger partial charge on any atom is 0.401 e. The maximum atomic E-state index is 14.0. The molecule has 154 valence electrons. The van der Waals surface area contributed by atoms with Crippen molar-refractivity contribution in [2.45, 2.75) is 24.9 Å². The Morgan fingerprint density at radius 2 is 2.00 bits per heavy atom. The van der Waals surface area contributed by atoms with Crippen LogP contribution in [-0.2, 0) is 5.41 Å². The minimum Gasteiger partial charge on any atom is -0.382 e. The van der Waals surface area contributed by atoms with E-state index in [1.165, 1.54) is 6.07 Å². The molecular formula is C15H11ClF5N7O. The fourth-order valence-corrected chi connectivity index (χ4v) is 3.49. The van der Waals surface area contributed by atoms with Crippen molar-refractivity contribution in [2.75, 3.05) is 17.2 Å². The summed E-state index contributed by atoms with van der Waals surface area (Å²) in [6.07, 6.45) is -6.89. The Balaban J connectivity index is 1.93. The van der Waals surface area contributed by atoms with E-state index in [1.807, 2.05) is 0 Å². The molecule has 29 heavy (non-hydrogen) atoms. The number of aromatic nitrogens is 5. The molecule has 8 nitrogen and oxygen atoms in total. The molecule has 1 aliphatic heterocycles. The number of amides is 1. The standard InChI is InChI=1S/C15H11ClF5N7O/c1-14(15(19,20)21)5-26(13(29)27-6(12(17)18)2-9(22)25-27)7-4-23-10-3-8(16)24-28(10)11(7)14/h2-4,12H,5H2,1H3,(H2,22,25)/t14-/m1/s1. The molecule has 4 heterocycles. The lowest BCUT2D eigenvalue weighted by atomic mass is 9.88. The van der Waals surface area contributed by atoms with Crippen molar-refractivity contribution in [2.24, 2.45) is 0 Å². The first-order valence-electron chi connectivity index (χ1n) is 8.01. The molecule has 14 heteroatoms. The number of nitrogen functional groups attached to an aromatic ring is 1. The van der Waals surface area contributed by atoms with Crippen LogP contribution in [-0.4, -0.2) is 43.1 Å². The number of carbonyl (C=O) groups is 1. The normalized spacial score (nSPS) is 19.4. The quantitative estimate of drug-likeness (QED) is 0.591. The van der Waals surface area contributed by atoms with Crippen LogP contribution in [0.15, 0.2) is 18.3 Å². The fourth-order valence-electron chi connectivity index (χ4n) is 3.32. The lowest BCUT2D eigenvalue weighted by Crippen LogP contribution is -2.46. The van der Waals surface area contributed by atoms with Gasteiger partial charge >= 0.3 is 12.2 Å². The van der Waals surface area contributed by atoms with Crippen molar-refractivity contribution in [3.8, 4) is 0 Å². The predicted molar refractivity (Wildman–Crippen MR) is 91.1 cm³/mol. The van der Waals surface area contributed by atoms with Crippen LogP contribution in [0.5, 0.6) is 0 Å². The van der Waals surface area contributed by atoms with Gasteiger partial charge in [-0.15, -0.1) is 5.10 Å². The zero-order valence-corrected chi connectivity index (χ0v) is 15.2. The molecule has 1 amide bonds. The topological polar surface area (TPSA) is 94.3 Å². The molecule has 0 aromatic carbocycles. The van der Waals surface area contributed by atoms with Crippen LogP contribution in [0.4, 0.5) is 38.3 Å². The van der Waals surface area contributed by atoms with Gasteiger partial charge in [0.05, 0.1) is 17.6 Å². The lowest BCUT2D eigenvalue weighted by molar-refractivity contribution is -0.181. The Morgan fingerprint density at radius 3 is 2.62 bits per heavy atom. The van der Waals surface area contributed by atoms with E-state index in [0.717, 1.165) is 23.7 Å². The number of nitrogens with two attached hydrogens (primary N) is 1. The van der Waals surface area contributed by atoms with E-state index >= 15 is 0 Å². The van der Waals surface area contributed by atoms with Crippen molar-refractivity contribution >= 4 is 34.8 Å². The summed E-state index contributed by atoms with van der Waals surface area (Å²) in [6, 6.07) is 0.800. The molecule has 3 aromatic heterocycles. The molecule has 1 atom stereocenters. The van der Waals surface area contributed by atoms with Crippen LogP contribution >= 0.6 is 11.6 Å². The Bertz CT molecular complexity index is 1140. The molecule has 0 radical (unpaired) electrons. The summed E-state index contributed by atoms with van der Waals surface area (Å²) in [5, 5.41) is 7.24. The van der Waals surface area contributed by atoms with Gasteiger partial charge in [0.2, 0.25) is 0 Å². The highest BCUT2D eigenvalue weighted by atomic mass is 35.5. The van der Waals surface area contributed by atoms with Gasteiger partial charge in [-0.2, -0.15) is 23.0 Å². The third-order valence-corrected chi connectivity index (χ3v) is 4.92. The van der Waals surface area contributed by atoms with Crippen LogP contribution in [0.2, 0.25) is 5.15 Å². The molecule has 1 aliphatic rings. The molecule has 0 aliphatic carbocycles. The second-order valence-electron chi connectivity index (χ2n) is 6.63. The highest BCUT2D eigenvalue weighted by molar-refractivity contribution is 6.29. The first-order valence-corrected chi connectivity index (χ1v) is 8.39. The van der Waals surface area contributed by atoms with E-state index in [0.29, 0.717) is 4.90 Å². The van der Waals surface area contributed by atoms with Gasteiger partial charge in [0.25, 0.3) is 6.43 Å². The third-order valence-electron chi connectivity index (χ3n) is 4.74. The molecule has 2 N–H and O–H groups in total. The lowest BCUT2D eigenvalue weighted by Gasteiger charge is -2.28. The highest BCUT2D eigenvalue weighted by Crippen LogP contribution is 2.50. The van der Waals surface area contributed by atoms with Gasteiger partial charge in [0.1, 0.15) is 16.9 Å². The van der Waals surface area contributed by atoms with Gasteiger partial charge in [-0.05, 0) is 6.92 Å². The van der Waals surface area contributed by atoms with Crippen LogP contribution in [0.25, 0.3) is 5.65 Å². The number of carbonyl (C=O) groups excluding carboxylic acids is 1. The summed E-state index contributed by atoms with van der Waals surface area (Å²) in [4.78, 5) is 17.5. The Morgan fingerprint density at radius 1 is 1.31 bits per heavy atom. The van der Waals surface area contributed by atoms with Crippen molar-refractivity contribution in [1.82, 2.24) is 24.4 Å². The first-order chi connectivity index (χ1) is 13.4. The van der Waals surface area contributed by atoms with Gasteiger partial charge in [0, 0.05) is 18.7 Å². The highest BCUT2D eigenvalue weighted by Gasteiger charge is 2.60. The SMILES string of the molecule is C[C@@]1(C(F)(F)F)CN(C(=O)n2nc(N)cc2C(F)F)c2cnc3cc(Cl)nn3c21. The summed E-state index contributed by atoms with van der Waals surface area (Å²) >= 11 is 5.80. The van der Waals surface area contributed by atoms with E-state index in [-0.39, 0.29) is 27.0 Å². The molecule has 0 fully saturated rings. The number of hydrogen-bond acceptors (Lipinski definition) is 5. The average molecular weight is 436 g/mol. The van der Waals surface area contributed by atoms with Crippen LogP contribution < -0.4 is 10.6 Å². The number of nitrogens with zero attached hydrogens (tertiary/aromatic N) is 6. The van der Waals surface area contributed by atoms with Crippen LogP contribution in [0, 0.1) is 0 Å². The molecule has 3 aromatic rings. The zero-order chi connectivity index (χ0) is 21.3. The van der Waals surface area contributed by atoms with Crippen molar-refractivity contribution in [3.05, 3.63) is 34.9 Å². The minimum atomic E-state index is -4.81. The predicted octanol–water partition coefficient (Wildman–Crippen LogP) is 3.41. The van der Waals surface area contributed by atoms with E-state index in [9.17, 15) is 26.7 Å². The molecule has 4 rings (SSSR count). The molecule has 0 saturated heterocycles. The summed E-state index contributed by atoms with van der Waals surface area (Å²) in [7, 11) is 0. The summed E-state index contributed by atoms with van der Waals surface area (Å²) in [5.41, 5.74) is 1.37. The summed E-state index contributed by atoms with van der Waals surface area (Å²) in [6.45, 7) is -0.0228. The van der Waals surface area contributed by atoms with E-state index in [4.69, 9.17) is 17.3 Å². The van der Waals surface area contributed by atoms with Gasteiger partial charge < -0.3 is 5.73 Å². The number of hydrogen-bond donors (Lipinski definition) is 1. The molecule has 0 unspecified atom stereocenters. The third kappa shape index (κ3) is 2.71. The van der Waals surface area contributed by atoms with E-state index in [1.54, 1.807) is 0 Å². The number of fused-ring (bicyclic) bond motifs is 3. The number of rotatable bonds is 1. The molecule has 0 spiro atoms. The number of alkyl halides is 5. The smallest absolute Gasteiger partial charge is 0.382 e. The second kappa shape index (κ2) is 6.02. The Labute approximate surface area is 163 Å². The van der Waals surface area contributed by atoms with Crippen molar-refractivity contribution in [3.63, 3.8) is 0 Å². The summed E-state index contributed by atoms with van der Waals surface area (Å²) < 4.78 is 69.7. The molecule has 0 bridgehead atoms. The largest absolute Gasteiger partial charge is 0.401 e. The van der Waals surface area contributed by atoms with Gasteiger partial charge in [-0.3, -0.25) is 4.90 Å². The Hall–Kier alpha value is -2.96. The van der Waals surface area contributed by atoms with Crippen molar-refractivity contribution < 1.29 is 26.7 Å². The van der Waals surface area contributed by atoms with Crippen LogP contribution in [0.1, 0.15) is 24.7 Å². The first kappa shape index (κ1) is 19.4. The molecular weight excluding hydrogens is 425 g/mol. The zero-order valence-electron chi connectivity index (χ0n) is 14.5. The molecule has 0 saturated carbocycles. The van der Waals surface area contributed by atoms with Gasteiger partial charge in [-0.25, -0.2) is 23.1 Å². The Kier molecular flexibility index (Phi) is 4.02. The second-order valence-corrected chi connectivity index (χ2v) is 7.02. The summed E-state index contributed by atoms with van der Waals surface area (Å²) in [5.74, 6) is -0.376. The fraction of sp³-hybridized carbons (Fsp3) is 0.333. The van der Waals surface area contributed by atoms with Crippen molar-refractivity contribution in [1.29, 1.82) is 0 Å². The minimum absolute atomic E-state index is 0.0372. The van der Waals surface area contributed by atoms with E-state index < -0.39 is 42.0 Å². The monoisotopic (exact) mass is 435 g/mol. The number of anilines is 2.